The van der Waals surface area contributed by atoms with Crippen LogP contribution in [0.1, 0.15) is 5.56 Å². The van der Waals surface area contributed by atoms with Gasteiger partial charge in [0, 0.05) is 12.6 Å². The summed E-state index contributed by atoms with van der Waals surface area (Å²) in [7, 11) is 0. The molecule has 1 aliphatic rings. The minimum atomic E-state index is -0.433. The number of halogens is 1. The van der Waals surface area contributed by atoms with Crippen LogP contribution in [0.2, 0.25) is 0 Å². The molecule has 4 rings (SSSR count). The molecule has 27 heavy (non-hydrogen) atoms. The summed E-state index contributed by atoms with van der Waals surface area (Å²) in [5.41, 5.74) is 1.22. The Hall–Kier alpha value is -3.19. The SMILES string of the molecule is C=CCn1c(=NC(=O)C=Cc2ccc3c(c2)OCO3)sc2cccc(F)c21. The Morgan fingerprint density at radius 2 is 2.15 bits per heavy atom. The number of amides is 1. The van der Waals surface area contributed by atoms with Gasteiger partial charge >= 0.3 is 0 Å². The van der Waals surface area contributed by atoms with Gasteiger partial charge in [0.2, 0.25) is 6.79 Å². The van der Waals surface area contributed by atoms with Crippen molar-refractivity contribution in [1.29, 1.82) is 0 Å². The van der Waals surface area contributed by atoms with E-state index in [0.717, 1.165) is 10.3 Å². The molecular weight excluding hydrogens is 367 g/mol. The van der Waals surface area contributed by atoms with Crippen LogP contribution in [0.25, 0.3) is 16.3 Å². The molecule has 1 aromatic heterocycles. The number of aromatic nitrogens is 1. The first-order valence-electron chi connectivity index (χ1n) is 8.21. The van der Waals surface area contributed by atoms with Crippen molar-refractivity contribution in [1.82, 2.24) is 4.57 Å². The molecule has 0 aliphatic carbocycles. The maximum Gasteiger partial charge on any atom is 0.272 e. The van der Waals surface area contributed by atoms with Crippen molar-refractivity contribution in [3.63, 3.8) is 0 Å². The number of thiazole rings is 1. The second-order valence-corrected chi connectivity index (χ2v) is 6.78. The lowest BCUT2D eigenvalue weighted by atomic mass is 10.2. The van der Waals surface area contributed by atoms with Crippen LogP contribution in [-0.2, 0) is 11.3 Å². The van der Waals surface area contributed by atoms with E-state index in [1.807, 2.05) is 6.07 Å². The average Bonchev–Trinajstić information content (AvgIpc) is 3.25. The Morgan fingerprint density at radius 1 is 1.30 bits per heavy atom. The van der Waals surface area contributed by atoms with Crippen LogP contribution >= 0.6 is 11.3 Å². The van der Waals surface area contributed by atoms with Crippen LogP contribution in [0.5, 0.6) is 11.5 Å². The molecule has 0 bridgehead atoms. The Labute approximate surface area is 158 Å². The number of ether oxygens (including phenoxy) is 2. The van der Waals surface area contributed by atoms with Crippen LogP contribution in [0, 0.1) is 5.82 Å². The van der Waals surface area contributed by atoms with E-state index in [2.05, 4.69) is 11.6 Å². The number of carbonyl (C=O) groups excluding carboxylic acids is 1. The van der Waals surface area contributed by atoms with Crippen molar-refractivity contribution >= 4 is 33.5 Å². The van der Waals surface area contributed by atoms with Crippen molar-refractivity contribution in [3.05, 3.63) is 71.3 Å². The lowest BCUT2D eigenvalue weighted by molar-refractivity contribution is -0.113. The first-order valence-corrected chi connectivity index (χ1v) is 9.02. The normalized spacial score (nSPS) is 13.6. The largest absolute Gasteiger partial charge is 0.454 e. The van der Waals surface area contributed by atoms with Crippen molar-refractivity contribution in [2.24, 2.45) is 4.99 Å². The summed E-state index contributed by atoms with van der Waals surface area (Å²) in [5, 5.41) is 0. The lowest BCUT2D eigenvalue weighted by Gasteiger charge is -2.01. The van der Waals surface area contributed by atoms with Gasteiger partial charge in [0.1, 0.15) is 5.82 Å². The van der Waals surface area contributed by atoms with Crippen LogP contribution < -0.4 is 14.3 Å². The van der Waals surface area contributed by atoms with Crippen molar-refractivity contribution in [3.8, 4) is 11.5 Å². The molecule has 0 N–H and O–H groups in total. The van der Waals surface area contributed by atoms with E-state index in [1.54, 1.807) is 41.0 Å². The number of hydrogen-bond donors (Lipinski definition) is 0. The highest BCUT2D eigenvalue weighted by Crippen LogP contribution is 2.32. The third-order valence-corrected chi connectivity index (χ3v) is 5.03. The number of nitrogens with zero attached hydrogens (tertiary/aromatic N) is 2. The summed E-state index contributed by atoms with van der Waals surface area (Å²) in [4.78, 5) is 16.9. The minimum Gasteiger partial charge on any atom is -0.454 e. The number of fused-ring (bicyclic) bond motifs is 2. The van der Waals surface area contributed by atoms with E-state index in [-0.39, 0.29) is 12.6 Å². The Morgan fingerprint density at radius 3 is 3.00 bits per heavy atom. The van der Waals surface area contributed by atoms with Gasteiger partial charge in [0.05, 0.1) is 10.2 Å². The molecule has 1 amide bonds. The summed E-state index contributed by atoms with van der Waals surface area (Å²) >= 11 is 1.26. The zero-order chi connectivity index (χ0) is 18.8. The molecule has 0 radical (unpaired) electrons. The monoisotopic (exact) mass is 382 g/mol. The predicted octanol–water partition coefficient (Wildman–Crippen LogP) is 3.90. The zero-order valence-corrected chi connectivity index (χ0v) is 15.0. The maximum absolute atomic E-state index is 14.2. The van der Waals surface area contributed by atoms with Gasteiger partial charge in [0.15, 0.2) is 16.3 Å². The van der Waals surface area contributed by atoms with Gasteiger partial charge in [-0.3, -0.25) is 4.79 Å². The van der Waals surface area contributed by atoms with E-state index in [9.17, 15) is 9.18 Å². The van der Waals surface area contributed by atoms with E-state index < -0.39 is 5.91 Å². The highest BCUT2D eigenvalue weighted by atomic mass is 32.1. The molecule has 0 fully saturated rings. The third-order valence-electron chi connectivity index (χ3n) is 3.98. The number of allylic oxidation sites excluding steroid dienone is 1. The lowest BCUT2D eigenvalue weighted by Crippen LogP contribution is -2.16. The summed E-state index contributed by atoms with van der Waals surface area (Å²) in [6, 6.07) is 10.2. The first-order chi connectivity index (χ1) is 13.2. The minimum absolute atomic E-state index is 0.197. The summed E-state index contributed by atoms with van der Waals surface area (Å²) in [6.07, 6.45) is 4.67. The van der Waals surface area contributed by atoms with E-state index in [0.29, 0.717) is 28.4 Å². The molecule has 1 aliphatic heterocycles. The van der Waals surface area contributed by atoms with E-state index in [1.165, 1.54) is 23.5 Å². The number of rotatable bonds is 4. The first kappa shape index (κ1) is 17.2. The summed E-state index contributed by atoms with van der Waals surface area (Å²) in [6.45, 7) is 4.25. The molecule has 3 aromatic rings. The van der Waals surface area contributed by atoms with Crippen LogP contribution in [0.15, 0.2) is 60.1 Å². The molecule has 0 saturated carbocycles. The Kier molecular flexibility index (Phi) is 4.60. The standard InChI is InChI=1S/C20H15FN2O3S/c1-2-10-23-19-14(21)4-3-5-17(19)27-20(23)22-18(24)9-7-13-6-8-15-16(11-13)26-12-25-15/h2-9,11H,1,10,12H2. The van der Waals surface area contributed by atoms with Crippen LogP contribution in [-0.4, -0.2) is 17.3 Å². The van der Waals surface area contributed by atoms with E-state index >= 15 is 0 Å². The molecule has 0 atom stereocenters. The fraction of sp³-hybridized carbons (Fsp3) is 0.100. The molecule has 0 saturated heterocycles. The van der Waals surface area contributed by atoms with Crippen LogP contribution in [0.3, 0.4) is 0 Å². The van der Waals surface area contributed by atoms with Gasteiger partial charge in [-0.25, -0.2) is 4.39 Å². The molecule has 5 nitrogen and oxygen atoms in total. The van der Waals surface area contributed by atoms with Gasteiger partial charge in [-0.05, 0) is 35.9 Å². The Bertz CT molecular complexity index is 1140. The topological polar surface area (TPSA) is 52.8 Å². The predicted molar refractivity (Wildman–Crippen MR) is 102 cm³/mol. The molecule has 0 spiro atoms. The number of hydrogen-bond acceptors (Lipinski definition) is 4. The molecule has 2 heterocycles. The second-order valence-electron chi connectivity index (χ2n) is 5.77. The van der Waals surface area contributed by atoms with Crippen molar-refractivity contribution in [2.75, 3.05) is 6.79 Å². The summed E-state index contributed by atoms with van der Waals surface area (Å²) < 4.78 is 27.1. The van der Waals surface area contributed by atoms with Gasteiger partial charge in [-0.2, -0.15) is 4.99 Å². The quantitative estimate of drug-likeness (QED) is 0.508. The average molecular weight is 382 g/mol. The highest BCUT2D eigenvalue weighted by Gasteiger charge is 2.13. The van der Waals surface area contributed by atoms with Crippen molar-refractivity contribution < 1.29 is 18.7 Å². The Balaban J connectivity index is 1.66. The summed E-state index contributed by atoms with van der Waals surface area (Å²) in [5.74, 6) is 0.541. The molecule has 7 heteroatoms. The molecule has 0 unspecified atom stereocenters. The van der Waals surface area contributed by atoms with Gasteiger partial charge < -0.3 is 14.0 Å². The van der Waals surface area contributed by atoms with E-state index in [4.69, 9.17) is 9.47 Å². The fourth-order valence-corrected chi connectivity index (χ4v) is 3.85. The number of benzene rings is 2. The maximum atomic E-state index is 14.2. The van der Waals surface area contributed by atoms with Gasteiger partial charge in [0.25, 0.3) is 5.91 Å². The zero-order valence-electron chi connectivity index (χ0n) is 14.2. The fourth-order valence-electron chi connectivity index (χ4n) is 2.79. The second kappa shape index (κ2) is 7.20. The number of para-hydroxylation sites is 1. The van der Waals surface area contributed by atoms with Gasteiger partial charge in [-0.1, -0.05) is 29.5 Å². The molecule has 2 aromatic carbocycles. The van der Waals surface area contributed by atoms with Crippen molar-refractivity contribution in [2.45, 2.75) is 6.54 Å². The highest BCUT2D eigenvalue weighted by molar-refractivity contribution is 7.16. The third kappa shape index (κ3) is 3.41. The van der Waals surface area contributed by atoms with Crippen LogP contribution in [0.4, 0.5) is 4.39 Å². The number of carbonyl (C=O) groups is 1. The molecular formula is C20H15FN2O3S. The van der Waals surface area contributed by atoms with Gasteiger partial charge in [-0.15, -0.1) is 6.58 Å². The molecule has 136 valence electrons. The smallest absolute Gasteiger partial charge is 0.272 e.